The van der Waals surface area contributed by atoms with Crippen molar-refractivity contribution in [1.82, 2.24) is 19.8 Å². The first kappa shape index (κ1) is 12.9. The number of benzene rings is 1. The van der Waals surface area contributed by atoms with Gasteiger partial charge in [-0.2, -0.15) is 9.61 Å². The molecule has 0 radical (unpaired) electrons. The van der Waals surface area contributed by atoms with Gasteiger partial charge in [-0.05, 0) is 24.8 Å². The molecule has 108 valence electrons. The molecule has 21 heavy (non-hydrogen) atoms. The normalized spacial score (nSPS) is 16.4. The van der Waals surface area contributed by atoms with Crippen LogP contribution in [0.2, 0.25) is 0 Å². The van der Waals surface area contributed by atoms with Gasteiger partial charge >= 0.3 is 0 Å². The summed E-state index contributed by atoms with van der Waals surface area (Å²) in [7, 11) is 0. The van der Waals surface area contributed by atoms with Gasteiger partial charge in [-0.1, -0.05) is 41.7 Å². The smallest absolute Gasteiger partial charge is 0.234 e. The van der Waals surface area contributed by atoms with Gasteiger partial charge in [0.1, 0.15) is 5.01 Å². The molecule has 1 aliphatic carbocycles. The zero-order chi connectivity index (χ0) is 14.2. The number of hydrogen-bond donors (Lipinski definition) is 1. The van der Waals surface area contributed by atoms with Gasteiger partial charge in [-0.3, -0.25) is 0 Å². The van der Waals surface area contributed by atoms with Crippen LogP contribution >= 0.6 is 11.3 Å². The van der Waals surface area contributed by atoms with E-state index >= 15 is 0 Å². The highest BCUT2D eigenvalue weighted by Crippen LogP contribution is 2.39. The molecule has 0 saturated heterocycles. The van der Waals surface area contributed by atoms with E-state index in [1.54, 1.807) is 11.3 Å². The second-order valence-corrected chi connectivity index (χ2v) is 6.62. The van der Waals surface area contributed by atoms with E-state index in [0.717, 1.165) is 28.6 Å². The standard InChI is InChI=1S/C15H17N5S/c16-12(10-4-2-1-3-5-10)8-9-13-19-20-14(11-6-7-11)17-18-15(20)21-13/h1-5,11-12H,6-9,16H2. The number of aromatic nitrogens is 4. The number of rotatable bonds is 5. The average molecular weight is 299 g/mol. The van der Waals surface area contributed by atoms with Crippen LogP contribution in [0.25, 0.3) is 4.96 Å². The minimum Gasteiger partial charge on any atom is -0.324 e. The van der Waals surface area contributed by atoms with E-state index in [2.05, 4.69) is 27.4 Å². The molecule has 0 spiro atoms. The molecule has 5 nitrogen and oxygen atoms in total. The third-order valence-corrected chi connectivity index (χ3v) is 4.85. The van der Waals surface area contributed by atoms with Crippen molar-refractivity contribution in [2.24, 2.45) is 5.73 Å². The van der Waals surface area contributed by atoms with E-state index in [0.29, 0.717) is 5.92 Å². The quantitative estimate of drug-likeness (QED) is 0.786. The van der Waals surface area contributed by atoms with Crippen molar-refractivity contribution in [3.05, 3.63) is 46.7 Å². The Morgan fingerprint density at radius 1 is 1.24 bits per heavy atom. The highest BCUT2D eigenvalue weighted by molar-refractivity contribution is 7.16. The van der Waals surface area contributed by atoms with Crippen molar-refractivity contribution in [2.45, 2.75) is 37.6 Å². The van der Waals surface area contributed by atoms with Crippen molar-refractivity contribution in [2.75, 3.05) is 0 Å². The molecule has 6 heteroatoms. The summed E-state index contributed by atoms with van der Waals surface area (Å²) in [5, 5.41) is 14.2. The van der Waals surface area contributed by atoms with Crippen molar-refractivity contribution in [3.63, 3.8) is 0 Å². The summed E-state index contributed by atoms with van der Waals surface area (Å²) in [6.07, 6.45) is 4.21. The number of hydrogen-bond acceptors (Lipinski definition) is 5. The van der Waals surface area contributed by atoms with Gasteiger partial charge in [0.25, 0.3) is 0 Å². The van der Waals surface area contributed by atoms with E-state index in [-0.39, 0.29) is 6.04 Å². The summed E-state index contributed by atoms with van der Waals surface area (Å²) in [5.74, 6) is 1.60. The maximum atomic E-state index is 6.24. The second-order valence-electron chi connectivity index (χ2n) is 5.58. The number of nitrogens with zero attached hydrogens (tertiary/aromatic N) is 4. The Bertz CT molecular complexity index is 744. The number of aryl methyl sites for hydroxylation is 1. The fourth-order valence-electron chi connectivity index (χ4n) is 2.51. The summed E-state index contributed by atoms with van der Waals surface area (Å²) in [4.78, 5) is 0.903. The van der Waals surface area contributed by atoms with Gasteiger partial charge in [-0.15, -0.1) is 10.2 Å². The SMILES string of the molecule is NC(CCc1nn2c(C3CC3)nnc2s1)c1ccccc1. The summed E-state index contributed by atoms with van der Waals surface area (Å²) in [6, 6.07) is 10.3. The van der Waals surface area contributed by atoms with Crippen molar-refractivity contribution >= 4 is 16.3 Å². The number of nitrogens with two attached hydrogens (primary N) is 1. The Hall–Kier alpha value is -1.79. The first-order valence-electron chi connectivity index (χ1n) is 7.33. The van der Waals surface area contributed by atoms with Crippen LogP contribution in [0, 0.1) is 0 Å². The van der Waals surface area contributed by atoms with Crippen molar-refractivity contribution in [1.29, 1.82) is 0 Å². The van der Waals surface area contributed by atoms with Gasteiger partial charge in [0.05, 0.1) is 0 Å². The van der Waals surface area contributed by atoms with E-state index in [1.807, 2.05) is 22.7 Å². The topological polar surface area (TPSA) is 69.1 Å². The van der Waals surface area contributed by atoms with Crippen LogP contribution in [0.5, 0.6) is 0 Å². The van der Waals surface area contributed by atoms with Gasteiger partial charge in [-0.25, -0.2) is 0 Å². The molecule has 2 N–H and O–H groups in total. The molecule has 1 unspecified atom stereocenters. The first-order valence-corrected chi connectivity index (χ1v) is 8.14. The predicted octanol–water partition coefficient (Wildman–Crippen LogP) is 2.70. The van der Waals surface area contributed by atoms with Crippen LogP contribution in [0.3, 0.4) is 0 Å². The summed E-state index contributed by atoms with van der Waals surface area (Å²) in [5.41, 5.74) is 7.42. The van der Waals surface area contributed by atoms with Gasteiger partial charge in [0, 0.05) is 18.4 Å². The first-order chi connectivity index (χ1) is 10.3. The lowest BCUT2D eigenvalue weighted by Gasteiger charge is -2.10. The third-order valence-electron chi connectivity index (χ3n) is 3.90. The van der Waals surface area contributed by atoms with Crippen LogP contribution in [0.1, 0.15) is 47.6 Å². The predicted molar refractivity (Wildman–Crippen MR) is 82.3 cm³/mol. The minimum absolute atomic E-state index is 0.0587. The maximum Gasteiger partial charge on any atom is 0.234 e. The fourth-order valence-corrected chi connectivity index (χ4v) is 3.37. The van der Waals surface area contributed by atoms with Crippen LogP contribution in [0.15, 0.2) is 30.3 Å². The Labute approximate surface area is 126 Å². The molecule has 0 bridgehead atoms. The summed E-state index contributed by atoms with van der Waals surface area (Å²) in [6.45, 7) is 0. The Morgan fingerprint density at radius 2 is 2.05 bits per heavy atom. The minimum atomic E-state index is 0.0587. The fraction of sp³-hybridized carbons (Fsp3) is 0.400. The molecule has 1 fully saturated rings. The Morgan fingerprint density at radius 3 is 2.81 bits per heavy atom. The molecular formula is C15H17N5S. The molecule has 1 saturated carbocycles. The lowest BCUT2D eigenvalue weighted by molar-refractivity contribution is 0.643. The lowest BCUT2D eigenvalue weighted by Crippen LogP contribution is -2.11. The monoisotopic (exact) mass is 299 g/mol. The average Bonchev–Trinajstić information content (AvgIpc) is 3.16. The van der Waals surface area contributed by atoms with Crippen LogP contribution in [-0.4, -0.2) is 19.8 Å². The van der Waals surface area contributed by atoms with Crippen molar-refractivity contribution < 1.29 is 0 Å². The molecular weight excluding hydrogens is 282 g/mol. The lowest BCUT2D eigenvalue weighted by atomic mass is 10.0. The molecule has 3 aromatic rings. The molecule has 1 aliphatic rings. The molecule has 0 amide bonds. The number of fused-ring (bicyclic) bond motifs is 1. The highest BCUT2D eigenvalue weighted by atomic mass is 32.1. The molecule has 1 aromatic carbocycles. The third kappa shape index (κ3) is 2.56. The second kappa shape index (κ2) is 5.20. The van der Waals surface area contributed by atoms with E-state index in [4.69, 9.17) is 5.73 Å². The molecule has 1 atom stereocenters. The Kier molecular flexibility index (Phi) is 3.20. The van der Waals surface area contributed by atoms with E-state index < -0.39 is 0 Å². The largest absolute Gasteiger partial charge is 0.324 e. The van der Waals surface area contributed by atoms with Crippen LogP contribution in [-0.2, 0) is 6.42 Å². The summed E-state index contributed by atoms with van der Waals surface area (Å²) < 4.78 is 1.92. The maximum absolute atomic E-state index is 6.24. The highest BCUT2D eigenvalue weighted by Gasteiger charge is 2.30. The summed E-state index contributed by atoms with van der Waals surface area (Å²) >= 11 is 1.62. The molecule has 4 rings (SSSR count). The van der Waals surface area contributed by atoms with Gasteiger partial charge in [0.2, 0.25) is 4.96 Å². The molecule has 0 aliphatic heterocycles. The van der Waals surface area contributed by atoms with Crippen LogP contribution < -0.4 is 5.73 Å². The zero-order valence-electron chi connectivity index (χ0n) is 11.6. The van der Waals surface area contributed by atoms with Crippen LogP contribution in [0.4, 0.5) is 0 Å². The van der Waals surface area contributed by atoms with E-state index in [9.17, 15) is 0 Å². The van der Waals surface area contributed by atoms with Crippen molar-refractivity contribution in [3.8, 4) is 0 Å². The molecule has 2 aromatic heterocycles. The Balaban J connectivity index is 1.47. The molecule has 2 heterocycles. The van der Waals surface area contributed by atoms with Gasteiger partial charge in [0.15, 0.2) is 5.82 Å². The van der Waals surface area contributed by atoms with E-state index in [1.165, 1.54) is 18.4 Å². The zero-order valence-corrected chi connectivity index (χ0v) is 12.5. The van der Waals surface area contributed by atoms with Gasteiger partial charge < -0.3 is 5.73 Å².